The van der Waals surface area contributed by atoms with Crippen LogP contribution in [0, 0.1) is 5.82 Å². The molecule has 1 aromatic rings. The highest BCUT2D eigenvalue weighted by molar-refractivity contribution is 6.17. The van der Waals surface area contributed by atoms with Gasteiger partial charge in [0.25, 0.3) is 0 Å². The molecule has 4 nitrogen and oxygen atoms in total. The number of halogens is 5. The summed E-state index contributed by atoms with van der Waals surface area (Å²) in [6.07, 6.45) is -4.48. The Labute approximate surface area is 96.8 Å². The third-order valence-electron chi connectivity index (χ3n) is 1.62. The zero-order valence-electron chi connectivity index (χ0n) is 7.89. The van der Waals surface area contributed by atoms with E-state index in [0.717, 1.165) is 0 Å². The van der Waals surface area contributed by atoms with Gasteiger partial charge in [0, 0.05) is 11.8 Å². The van der Waals surface area contributed by atoms with Gasteiger partial charge in [-0.3, -0.25) is 0 Å². The van der Waals surface area contributed by atoms with E-state index in [1.54, 1.807) is 0 Å². The van der Waals surface area contributed by atoms with Crippen molar-refractivity contribution in [3.05, 3.63) is 23.1 Å². The fraction of sp³-hybridized carbons (Fsp3) is 0.250. The number of carbonyl (C=O) groups is 1. The molecule has 1 heterocycles. The average Bonchev–Trinajstić information content (AvgIpc) is 2.14. The molecule has 17 heavy (non-hydrogen) atoms. The van der Waals surface area contributed by atoms with Gasteiger partial charge in [0.2, 0.25) is 5.88 Å². The van der Waals surface area contributed by atoms with Crippen molar-refractivity contribution < 1.29 is 32.2 Å². The minimum Gasteiger partial charge on any atom is -0.477 e. The molecule has 0 fully saturated rings. The van der Waals surface area contributed by atoms with Gasteiger partial charge >= 0.3 is 12.3 Å². The summed E-state index contributed by atoms with van der Waals surface area (Å²) in [5.41, 5.74) is -1.64. The number of hydrogen-bond acceptors (Lipinski definition) is 3. The summed E-state index contributed by atoms with van der Waals surface area (Å²) in [6, 6.07) is 0. The summed E-state index contributed by atoms with van der Waals surface area (Å²) < 4.78 is 52.4. The zero-order valence-corrected chi connectivity index (χ0v) is 8.64. The Bertz CT molecular complexity index is 449. The molecule has 1 N–H and O–H groups in total. The Morgan fingerprint density at radius 1 is 1.53 bits per heavy atom. The number of nitrogens with zero attached hydrogens (tertiary/aromatic N) is 1. The molecule has 0 aliphatic rings. The monoisotopic (exact) mass is 273 g/mol. The standard InChI is InChI=1S/C8H4ClF4NO3/c9-1-3-2-14-6(17-8(11,12)13)4(5(3)10)7(15)16/h2H,1H2,(H,15,16). The van der Waals surface area contributed by atoms with Crippen LogP contribution in [0.3, 0.4) is 0 Å². The molecule has 0 amide bonds. The minimum atomic E-state index is -5.16. The highest BCUT2D eigenvalue weighted by atomic mass is 35.5. The molecule has 0 radical (unpaired) electrons. The summed E-state index contributed by atoms with van der Waals surface area (Å²) in [5.74, 6) is -5.12. The lowest BCUT2D eigenvalue weighted by Crippen LogP contribution is -2.21. The van der Waals surface area contributed by atoms with E-state index in [2.05, 4.69) is 9.72 Å². The molecule has 0 saturated carbocycles. The van der Waals surface area contributed by atoms with Crippen molar-refractivity contribution in [3.63, 3.8) is 0 Å². The fourth-order valence-electron chi connectivity index (χ4n) is 0.978. The number of carboxylic acids is 1. The van der Waals surface area contributed by atoms with Crippen molar-refractivity contribution in [2.45, 2.75) is 12.2 Å². The number of hydrogen-bond donors (Lipinski definition) is 1. The van der Waals surface area contributed by atoms with E-state index >= 15 is 0 Å². The van der Waals surface area contributed by atoms with E-state index in [-0.39, 0.29) is 5.56 Å². The van der Waals surface area contributed by atoms with E-state index in [1.807, 2.05) is 0 Å². The largest absolute Gasteiger partial charge is 0.574 e. The van der Waals surface area contributed by atoms with Crippen LogP contribution in [0.2, 0.25) is 0 Å². The second-order valence-corrected chi connectivity index (χ2v) is 3.03. The molecule has 0 aliphatic heterocycles. The third-order valence-corrected chi connectivity index (χ3v) is 1.91. The lowest BCUT2D eigenvalue weighted by molar-refractivity contribution is -0.276. The SMILES string of the molecule is O=C(O)c1c(OC(F)(F)F)ncc(CCl)c1F. The summed E-state index contributed by atoms with van der Waals surface area (Å²) in [7, 11) is 0. The summed E-state index contributed by atoms with van der Waals surface area (Å²) in [5, 5.41) is 8.59. The molecular weight excluding hydrogens is 270 g/mol. The fourth-order valence-corrected chi connectivity index (χ4v) is 1.16. The Kier molecular flexibility index (Phi) is 3.76. The van der Waals surface area contributed by atoms with Gasteiger partial charge in [0.15, 0.2) is 5.56 Å². The van der Waals surface area contributed by atoms with Crippen molar-refractivity contribution >= 4 is 17.6 Å². The number of alkyl halides is 4. The van der Waals surface area contributed by atoms with Crippen molar-refractivity contribution in [3.8, 4) is 5.88 Å². The van der Waals surface area contributed by atoms with E-state index in [1.165, 1.54) is 0 Å². The highest BCUT2D eigenvalue weighted by Crippen LogP contribution is 2.27. The summed E-state index contributed by atoms with van der Waals surface area (Å²) in [6.45, 7) is 0. The average molecular weight is 274 g/mol. The van der Waals surface area contributed by atoms with Crippen LogP contribution in [0.5, 0.6) is 5.88 Å². The number of aromatic nitrogens is 1. The first-order chi connectivity index (χ1) is 7.76. The van der Waals surface area contributed by atoms with Crippen molar-refractivity contribution in [1.82, 2.24) is 4.98 Å². The maximum atomic E-state index is 13.4. The van der Waals surface area contributed by atoms with Crippen LogP contribution in [0.25, 0.3) is 0 Å². The van der Waals surface area contributed by atoms with E-state index in [0.29, 0.717) is 6.20 Å². The predicted molar refractivity (Wildman–Crippen MR) is 47.4 cm³/mol. The van der Waals surface area contributed by atoms with E-state index in [4.69, 9.17) is 16.7 Å². The normalized spacial score (nSPS) is 11.4. The number of ether oxygens (including phenoxy) is 1. The lowest BCUT2D eigenvalue weighted by atomic mass is 10.2. The Morgan fingerprint density at radius 2 is 2.12 bits per heavy atom. The molecule has 1 rings (SSSR count). The molecule has 9 heteroatoms. The smallest absolute Gasteiger partial charge is 0.477 e. The number of rotatable bonds is 3. The first-order valence-corrected chi connectivity index (χ1v) is 4.52. The van der Waals surface area contributed by atoms with Crippen molar-refractivity contribution in [2.24, 2.45) is 0 Å². The van der Waals surface area contributed by atoms with Crippen LogP contribution in [-0.2, 0) is 5.88 Å². The summed E-state index contributed by atoms with van der Waals surface area (Å²) in [4.78, 5) is 13.7. The van der Waals surface area contributed by atoms with Crippen LogP contribution in [0.4, 0.5) is 17.6 Å². The lowest BCUT2D eigenvalue weighted by Gasteiger charge is -2.11. The number of carboxylic acid groups (broad SMARTS) is 1. The maximum Gasteiger partial charge on any atom is 0.574 e. The number of aromatic carboxylic acids is 1. The minimum absolute atomic E-state index is 0.335. The molecule has 94 valence electrons. The van der Waals surface area contributed by atoms with Crippen LogP contribution >= 0.6 is 11.6 Å². The highest BCUT2D eigenvalue weighted by Gasteiger charge is 2.35. The van der Waals surface area contributed by atoms with E-state index in [9.17, 15) is 22.4 Å². The van der Waals surface area contributed by atoms with Crippen molar-refractivity contribution in [2.75, 3.05) is 0 Å². The first-order valence-electron chi connectivity index (χ1n) is 3.98. The Hall–Kier alpha value is -1.57. The Morgan fingerprint density at radius 3 is 2.53 bits per heavy atom. The van der Waals surface area contributed by atoms with Gasteiger partial charge in [-0.15, -0.1) is 24.8 Å². The van der Waals surface area contributed by atoms with Gasteiger partial charge in [-0.05, 0) is 0 Å². The molecule has 0 spiro atoms. The molecule has 0 bridgehead atoms. The van der Waals surface area contributed by atoms with Gasteiger partial charge in [0.05, 0.1) is 5.88 Å². The van der Waals surface area contributed by atoms with Crippen LogP contribution < -0.4 is 4.74 Å². The van der Waals surface area contributed by atoms with Gasteiger partial charge in [-0.25, -0.2) is 14.2 Å². The number of pyridine rings is 1. The first kappa shape index (κ1) is 13.5. The predicted octanol–water partition coefficient (Wildman–Crippen LogP) is 2.56. The van der Waals surface area contributed by atoms with Crippen LogP contribution in [0.1, 0.15) is 15.9 Å². The van der Waals surface area contributed by atoms with Gasteiger partial charge < -0.3 is 9.84 Å². The quantitative estimate of drug-likeness (QED) is 0.679. The molecule has 0 unspecified atom stereocenters. The molecule has 0 saturated heterocycles. The second kappa shape index (κ2) is 4.74. The molecule has 0 atom stereocenters. The summed E-state index contributed by atoms with van der Waals surface area (Å²) >= 11 is 5.26. The molecular formula is C8H4ClF4NO3. The van der Waals surface area contributed by atoms with Crippen LogP contribution in [0.15, 0.2) is 6.20 Å². The van der Waals surface area contributed by atoms with Crippen LogP contribution in [-0.4, -0.2) is 22.4 Å². The van der Waals surface area contributed by atoms with Gasteiger partial charge in [-0.2, -0.15) is 0 Å². The Balaban J connectivity index is 3.32. The van der Waals surface area contributed by atoms with Gasteiger partial charge in [-0.1, -0.05) is 0 Å². The van der Waals surface area contributed by atoms with E-state index < -0.39 is 35.5 Å². The molecule has 0 aromatic carbocycles. The molecule has 0 aliphatic carbocycles. The zero-order chi connectivity index (χ0) is 13.2. The molecule has 1 aromatic heterocycles. The topological polar surface area (TPSA) is 59.4 Å². The van der Waals surface area contributed by atoms with Crippen molar-refractivity contribution in [1.29, 1.82) is 0 Å². The second-order valence-electron chi connectivity index (χ2n) is 2.76. The maximum absolute atomic E-state index is 13.4. The van der Waals surface area contributed by atoms with Gasteiger partial charge in [0.1, 0.15) is 5.82 Å². The third kappa shape index (κ3) is 3.19.